The smallest absolute Gasteiger partial charge is 0.252 e. The van der Waals surface area contributed by atoms with Gasteiger partial charge in [-0.3, -0.25) is 9.48 Å². The van der Waals surface area contributed by atoms with Gasteiger partial charge in [0.25, 0.3) is 5.91 Å². The van der Waals surface area contributed by atoms with Crippen LogP contribution in [0.1, 0.15) is 16.2 Å². The van der Waals surface area contributed by atoms with Gasteiger partial charge >= 0.3 is 0 Å². The lowest BCUT2D eigenvalue weighted by atomic mass is 10.3. The monoisotopic (exact) mass is 314 g/mol. The minimum Gasteiger partial charge on any atom is -0.352 e. The predicted octanol–water partition coefficient (Wildman–Crippen LogP) is 1.61. The van der Waals surface area contributed by atoms with Crippen LogP contribution < -0.4 is 5.32 Å². The molecular weight excluding hydrogens is 304 g/mol. The van der Waals surface area contributed by atoms with Crippen molar-refractivity contribution < 1.29 is 4.79 Å². The first-order valence-electron chi connectivity index (χ1n) is 5.02. The number of carbonyl (C=O) groups is 1. The summed E-state index contributed by atoms with van der Waals surface area (Å²) in [7, 11) is 1.82. The first kappa shape index (κ1) is 12.3. The van der Waals surface area contributed by atoms with E-state index in [0.29, 0.717) is 18.5 Å². The van der Waals surface area contributed by atoms with Gasteiger partial charge in [-0.15, -0.1) is 11.3 Å². The summed E-state index contributed by atoms with van der Waals surface area (Å²) >= 11 is 4.82. The van der Waals surface area contributed by atoms with Crippen molar-refractivity contribution in [1.82, 2.24) is 20.1 Å². The van der Waals surface area contributed by atoms with Crippen molar-refractivity contribution in [3.05, 3.63) is 32.9 Å². The zero-order valence-corrected chi connectivity index (χ0v) is 11.6. The lowest BCUT2D eigenvalue weighted by Gasteiger charge is -2.00. The molecule has 0 aliphatic heterocycles. The van der Waals surface area contributed by atoms with Gasteiger partial charge in [-0.1, -0.05) is 0 Å². The third kappa shape index (κ3) is 3.37. The van der Waals surface area contributed by atoms with Crippen LogP contribution in [0.25, 0.3) is 0 Å². The fourth-order valence-electron chi connectivity index (χ4n) is 1.32. The fraction of sp³-hybridized carbons (Fsp3) is 0.300. The molecule has 0 spiro atoms. The van der Waals surface area contributed by atoms with Crippen molar-refractivity contribution in [2.24, 2.45) is 7.05 Å². The molecular formula is C10H11BrN4OS. The van der Waals surface area contributed by atoms with Crippen molar-refractivity contribution >= 4 is 33.2 Å². The van der Waals surface area contributed by atoms with Gasteiger partial charge in [0.2, 0.25) is 0 Å². The molecule has 0 atom stereocenters. The summed E-state index contributed by atoms with van der Waals surface area (Å²) < 4.78 is 2.60. The van der Waals surface area contributed by atoms with Gasteiger partial charge in [0, 0.05) is 25.4 Å². The molecule has 2 rings (SSSR count). The Morgan fingerprint density at radius 3 is 3.06 bits per heavy atom. The second kappa shape index (κ2) is 5.42. The number of amides is 1. The molecule has 2 aromatic heterocycles. The highest BCUT2D eigenvalue weighted by Crippen LogP contribution is 2.20. The van der Waals surface area contributed by atoms with Crippen LogP contribution in [0.4, 0.5) is 0 Å². The van der Waals surface area contributed by atoms with Gasteiger partial charge in [0.15, 0.2) is 5.82 Å². The molecule has 0 fully saturated rings. The van der Waals surface area contributed by atoms with E-state index in [0.717, 1.165) is 9.61 Å². The minimum absolute atomic E-state index is 0.0668. The molecule has 17 heavy (non-hydrogen) atoms. The van der Waals surface area contributed by atoms with E-state index in [4.69, 9.17) is 0 Å². The van der Waals surface area contributed by atoms with Crippen LogP contribution in [-0.4, -0.2) is 27.2 Å². The van der Waals surface area contributed by atoms with E-state index < -0.39 is 0 Å². The fourth-order valence-corrected chi connectivity index (χ4v) is 2.45. The molecule has 7 heteroatoms. The van der Waals surface area contributed by atoms with Crippen LogP contribution in [0.2, 0.25) is 0 Å². The van der Waals surface area contributed by atoms with Crippen LogP contribution >= 0.6 is 27.3 Å². The van der Waals surface area contributed by atoms with E-state index in [1.165, 1.54) is 11.3 Å². The van der Waals surface area contributed by atoms with E-state index in [-0.39, 0.29) is 5.91 Å². The van der Waals surface area contributed by atoms with Gasteiger partial charge in [-0.25, -0.2) is 4.98 Å². The molecule has 1 N–H and O–H groups in total. The maximum absolute atomic E-state index is 11.7. The Hall–Kier alpha value is -1.21. The molecule has 2 aromatic rings. The van der Waals surface area contributed by atoms with Crippen molar-refractivity contribution in [3.63, 3.8) is 0 Å². The second-order valence-electron chi connectivity index (χ2n) is 3.48. The topological polar surface area (TPSA) is 59.8 Å². The van der Waals surface area contributed by atoms with E-state index in [1.54, 1.807) is 17.1 Å². The van der Waals surface area contributed by atoms with E-state index in [1.807, 2.05) is 12.4 Å². The van der Waals surface area contributed by atoms with Crippen LogP contribution in [-0.2, 0) is 13.5 Å². The maximum atomic E-state index is 11.7. The molecule has 0 unspecified atom stereocenters. The number of carbonyl (C=O) groups excluding carboxylic acids is 1. The predicted molar refractivity (Wildman–Crippen MR) is 69.1 cm³/mol. The van der Waals surface area contributed by atoms with Crippen molar-refractivity contribution in [2.75, 3.05) is 6.54 Å². The van der Waals surface area contributed by atoms with Gasteiger partial charge < -0.3 is 5.32 Å². The molecule has 90 valence electrons. The standard InChI is InChI=1S/C10H11BrN4OS/c1-15-6-13-9(14-15)2-3-12-10(16)7-4-8(11)17-5-7/h4-6H,2-3H2,1H3,(H,12,16). The highest BCUT2D eigenvalue weighted by molar-refractivity contribution is 9.11. The van der Waals surface area contributed by atoms with Crippen molar-refractivity contribution in [1.29, 1.82) is 0 Å². The molecule has 0 bridgehead atoms. The number of hydrogen-bond acceptors (Lipinski definition) is 4. The van der Waals surface area contributed by atoms with E-state index in [2.05, 4.69) is 31.3 Å². The number of aromatic nitrogens is 3. The first-order chi connectivity index (χ1) is 8.15. The van der Waals surface area contributed by atoms with Gasteiger partial charge in [-0.05, 0) is 22.0 Å². The average Bonchev–Trinajstić information content (AvgIpc) is 2.88. The van der Waals surface area contributed by atoms with E-state index >= 15 is 0 Å². The van der Waals surface area contributed by atoms with Crippen molar-refractivity contribution in [2.45, 2.75) is 6.42 Å². The first-order valence-corrected chi connectivity index (χ1v) is 6.69. The number of halogens is 1. The number of nitrogens with zero attached hydrogens (tertiary/aromatic N) is 3. The van der Waals surface area contributed by atoms with Crippen LogP contribution in [0.3, 0.4) is 0 Å². The molecule has 0 saturated heterocycles. The number of nitrogens with one attached hydrogen (secondary N) is 1. The molecule has 0 saturated carbocycles. The SMILES string of the molecule is Cn1cnc(CCNC(=O)c2csc(Br)c2)n1. The van der Waals surface area contributed by atoms with Crippen LogP contribution in [0, 0.1) is 0 Å². The van der Waals surface area contributed by atoms with Gasteiger partial charge in [0.05, 0.1) is 9.35 Å². The molecule has 2 heterocycles. The number of rotatable bonds is 4. The molecule has 1 amide bonds. The third-order valence-electron chi connectivity index (χ3n) is 2.11. The second-order valence-corrected chi connectivity index (χ2v) is 5.77. The lowest BCUT2D eigenvalue weighted by Crippen LogP contribution is -2.25. The molecule has 0 aliphatic rings. The summed E-state index contributed by atoms with van der Waals surface area (Å²) in [5.41, 5.74) is 0.677. The summed E-state index contributed by atoms with van der Waals surface area (Å²) in [5, 5.41) is 8.78. The summed E-state index contributed by atoms with van der Waals surface area (Å²) in [6.45, 7) is 0.538. The minimum atomic E-state index is -0.0668. The number of hydrogen-bond donors (Lipinski definition) is 1. The Morgan fingerprint density at radius 1 is 1.65 bits per heavy atom. The summed E-state index contributed by atoms with van der Waals surface area (Å²) in [4.78, 5) is 15.8. The number of thiophene rings is 1. The summed E-state index contributed by atoms with van der Waals surface area (Å²) in [6.07, 6.45) is 2.28. The molecule has 0 radical (unpaired) electrons. The highest BCUT2D eigenvalue weighted by Gasteiger charge is 2.07. The van der Waals surface area contributed by atoms with Crippen LogP contribution in [0.5, 0.6) is 0 Å². The van der Waals surface area contributed by atoms with Crippen molar-refractivity contribution in [3.8, 4) is 0 Å². The van der Waals surface area contributed by atoms with Gasteiger partial charge in [0.1, 0.15) is 6.33 Å². The van der Waals surface area contributed by atoms with Gasteiger partial charge in [-0.2, -0.15) is 5.10 Å². The molecule has 0 aliphatic carbocycles. The van der Waals surface area contributed by atoms with E-state index in [9.17, 15) is 4.79 Å². The third-order valence-corrected chi connectivity index (χ3v) is 3.62. The summed E-state index contributed by atoms with van der Waals surface area (Å²) in [6, 6.07) is 1.80. The Morgan fingerprint density at radius 2 is 2.47 bits per heavy atom. The van der Waals surface area contributed by atoms with Crippen LogP contribution in [0.15, 0.2) is 21.6 Å². The highest BCUT2D eigenvalue weighted by atomic mass is 79.9. The molecule has 5 nitrogen and oxygen atoms in total. The quantitative estimate of drug-likeness (QED) is 0.932. The number of aryl methyl sites for hydroxylation is 1. The Labute approximate surface area is 111 Å². The zero-order valence-electron chi connectivity index (χ0n) is 9.18. The largest absolute Gasteiger partial charge is 0.352 e. The Kier molecular flexibility index (Phi) is 3.90. The Bertz CT molecular complexity index is 522. The zero-order chi connectivity index (χ0) is 12.3. The summed E-state index contributed by atoms with van der Waals surface area (Å²) in [5.74, 6) is 0.669. The lowest BCUT2D eigenvalue weighted by molar-refractivity contribution is 0.0954. The normalized spacial score (nSPS) is 10.5. The maximum Gasteiger partial charge on any atom is 0.252 e. The Balaban J connectivity index is 1.81. The average molecular weight is 315 g/mol. The molecule has 0 aromatic carbocycles.